The van der Waals surface area contributed by atoms with Crippen molar-refractivity contribution in [1.82, 2.24) is 0 Å². The number of alkyl halides is 2. The lowest BCUT2D eigenvalue weighted by Gasteiger charge is -1.99. The van der Waals surface area contributed by atoms with E-state index in [2.05, 4.69) is 4.74 Å². The van der Waals surface area contributed by atoms with E-state index < -0.39 is 6.61 Å². The first-order valence-electron chi connectivity index (χ1n) is 2.98. The van der Waals surface area contributed by atoms with Crippen molar-refractivity contribution >= 4 is 0 Å². The molecule has 3 heteroatoms. The molecule has 0 N–H and O–H groups in total. The van der Waals surface area contributed by atoms with Gasteiger partial charge in [0.2, 0.25) is 0 Å². The van der Waals surface area contributed by atoms with E-state index in [-0.39, 0.29) is 6.61 Å². The molecule has 0 aliphatic rings. The third-order valence-corrected chi connectivity index (χ3v) is 0.854. The zero-order valence-electron chi connectivity index (χ0n) is 5.44. The van der Waals surface area contributed by atoms with Crippen LogP contribution in [0.25, 0.3) is 0 Å². The Morgan fingerprint density at radius 3 is 2.67 bits per heavy atom. The Bertz CT molecular complexity index is 57.0. The Kier molecular flexibility index (Phi) is 5.83. The maximum atomic E-state index is 11.2. The number of ether oxygens (including phenoxy) is 1. The molecule has 0 aliphatic carbocycles. The Labute approximate surface area is 54.0 Å². The van der Waals surface area contributed by atoms with Crippen LogP contribution in [0.15, 0.2) is 0 Å². The first kappa shape index (κ1) is 8.82. The van der Waals surface area contributed by atoms with Crippen molar-refractivity contribution in [2.24, 2.45) is 0 Å². The first-order valence-corrected chi connectivity index (χ1v) is 2.98. The van der Waals surface area contributed by atoms with E-state index in [4.69, 9.17) is 0 Å². The number of rotatable bonds is 5. The molecular formula is C6H11F2O. The largest absolute Gasteiger partial charge is 0.345 e. The maximum absolute atomic E-state index is 11.2. The van der Waals surface area contributed by atoms with Crippen LogP contribution in [0.1, 0.15) is 19.8 Å². The molecule has 0 spiro atoms. The van der Waals surface area contributed by atoms with E-state index in [0.29, 0.717) is 6.42 Å². The molecule has 0 aromatic rings. The fraction of sp³-hybridized carbons (Fsp3) is 0.833. The molecular weight excluding hydrogens is 126 g/mol. The van der Waals surface area contributed by atoms with E-state index in [1.807, 2.05) is 13.3 Å². The highest BCUT2D eigenvalue weighted by atomic mass is 19.3. The van der Waals surface area contributed by atoms with Gasteiger partial charge >= 0.3 is 6.61 Å². The van der Waals surface area contributed by atoms with E-state index >= 15 is 0 Å². The highest BCUT2D eigenvalue weighted by Gasteiger charge is 1.98. The fourth-order valence-corrected chi connectivity index (χ4v) is 0.445. The van der Waals surface area contributed by atoms with Gasteiger partial charge in [-0.1, -0.05) is 13.3 Å². The van der Waals surface area contributed by atoms with Crippen molar-refractivity contribution in [1.29, 1.82) is 0 Å². The third-order valence-electron chi connectivity index (χ3n) is 0.854. The second-order valence-corrected chi connectivity index (χ2v) is 1.62. The number of hydrogen-bond acceptors (Lipinski definition) is 1. The van der Waals surface area contributed by atoms with Crippen LogP contribution in [-0.2, 0) is 4.74 Å². The van der Waals surface area contributed by atoms with Crippen molar-refractivity contribution in [2.45, 2.75) is 26.4 Å². The summed E-state index contributed by atoms with van der Waals surface area (Å²) < 4.78 is 26.4. The lowest BCUT2D eigenvalue weighted by molar-refractivity contribution is -0.127. The van der Waals surface area contributed by atoms with E-state index in [9.17, 15) is 8.78 Å². The van der Waals surface area contributed by atoms with Crippen LogP contribution in [0.3, 0.4) is 0 Å². The molecule has 0 aromatic heterocycles. The van der Waals surface area contributed by atoms with Crippen LogP contribution >= 0.6 is 0 Å². The van der Waals surface area contributed by atoms with Gasteiger partial charge in [-0.05, 0) is 12.8 Å². The molecule has 0 aliphatic heterocycles. The van der Waals surface area contributed by atoms with Crippen LogP contribution in [0.4, 0.5) is 8.78 Å². The second kappa shape index (κ2) is 5.95. The summed E-state index contributed by atoms with van der Waals surface area (Å²) in [4.78, 5) is 0. The average Bonchev–Trinajstić information content (AvgIpc) is 1.80. The van der Waals surface area contributed by atoms with Gasteiger partial charge in [0, 0.05) is 0 Å². The van der Waals surface area contributed by atoms with Crippen LogP contribution < -0.4 is 0 Å². The van der Waals surface area contributed by atoms with E-state index in [1.165, 1.54) is 0 Å². The number of halogens is 2. The molecule has 0 saturated heterocycles. The van der Waals surface area contributed by atoms with Crippen LogP contribution in [0, 0.1) is 6.42 Å². The summed E-state index contributed by atoms with van der Waals surface area (Å²) in [5, 5.41) is 0. The van der Waals surface area contributed by atoms with Gasteiger partial charge in [-0.15, -0.1) is 0 Å². The fourth-order valence-electron chi connectivity index (χ4n) is 0.445. The molecule has 55 valence electrons. The Morgan fingerprint density at radius 2 is 2.22 bits per heavy atom. The first-order chi connectivity index (χ1) is 4.27. The predicted octanol–water partition coefficient (Wildman–Crippen LogP) is 2.23. The van der Waals surface area contributed by atoms with Gasteiger partial charge in [-0.25, -0.2) is 0 Å². The molecule has 0 unspecified atom stereocenters. The van der Waals surface area contributed by atoms with Crippen LogP contribution in [-0.4, -0.2) is 13.2 Å². The molecule has 0 amide bonds. The van der Waals surface area contributed by atoms with Gasteiger partial charge in [-0.2, -0.15) is 8.78 Å². The molecule has 0 aromatic carbocycles. The highest BCUT2D eigenvalue weighted by Crippen LogP contribution is 1.98. The second-order valence-electron chi connectivity index (χ2n) is 1.62. The van der Waals surface area contributed by atoms with Crippen molar-refractivity contribution in [3.8, 4) is 0 Å². The lowest BCUT2D eigenvalue weighted by Crippen LogP contribution is -2.00. The normalized spacial score (nSPS) is 10.7. The summed E-state index contributed by atoms with van der Waals surface area (Å²) in [5.74, 6) is 0. The summed E-state index contributed by atoms with van der Waals surface area (Å²) in [7, 11) is 0. The van der Waals surface area contributed by atoms with Crippen molar-refractivity contribution in [3.63, 3.8) is 0 Å². The number of hydrogen-bond donors (Lipinski definition) is 0. The van der Waals surface area contributed by atoms with Gasteiger partial charge in [0.05, 0.1) is 6.61 Å². The van der Waals surface area contributed by atoms with Crippen molar-refractivity contribution in [2.75, 3.05) is 6.61 Å². The smallest absolute Gasteiger partial charge is 0.323 e. The molecule has 1 nitrogen and oxygen atoms in total. The predicted molar refractivity (Wildman–Crippen MR) is 31.2 cm³/mol. The summed E-state index contributed by atoms with van der Waals surface area (Å²) >= 11 is 0. The zero-order valence-corrected chi connectivity index (χ0v) is 5.44. The minimum atomic E-state index is -2.62. The quantitative estimate of drug-likeness (QED) is 0.528. The monoisotopic (exact) mass is 137 g/mol. The molecule has 0 heterocycles. The Hall–Kier alpha value is -0.180. The average molecular weight is 137 g/mol. The van der Waals surface area contributed by atoms with Crippen molar-refractivity contribution in [3.05, 3.63) is 6.42 Å². The summed E-state index contributed by atoms with van der Waals surface area (Å²) in [6.45, 7) is -0.524. The van der Waals surface area contributed by atoms with Gasteiger partial charge in [-0.3, -0.25) is 0 Å². The minimum absolute atomic E-state index is 0.130. The minimum Gasteiger partial charge on any atom is -0.323 e. The number of unbranched alkanes of at least 4 members (excludes halogenated alkanes) is 2. The van der Waals surface area contributed by atoms with Gasteiger partial charge in [0.15, 0.2) is 0 Å². The topological polar surface area (TPSA) is 9.23 Å². The summed E-state index contributed by atoms with van der Waals surface area (Å²) in [6.07, 6.45) is 3.43. The maximum Gasteiger partial charge on any atom is 0.345 e. The Balaban J connectivity index is 2.75. The van der Waals surface area contributed by atoms with Crippen LogP contribution in [0.5, 0.6) is 0 Å². The van der Waals surface area contributed by atoms with Gasteiger partial charge < -0.3 is 4.74 Å². The van der Waals surface area contributed by atoms with E-state index in [0.717, 1.165) is 6.42 Å². The van der Waals surface area contributed by atoms with Crippen LogP contribution in [0.2, 0.25) is 0 Å². The lowest BCUT2D eigenvalue weighted by atomic mass is 10.3. The zero-order chi connectivity index (χ0) is 7.11. The van der Waals surface area contributed by atoms with Gasteiger partial charge in [0.1, 0.15) is 0 Å². The Morgan fingerprint density at radius 1 is 1.56 bits per heavy atom. The standard InChI is InChI=1S/C6H11F2O/c1-2-3-4-5-9-6(7)8/h3,6H,2,4-5H2,1H3. The summed E-state index contributed by atoms with van der Waals surface area (Å²) in [6, 6.07) is 0. The SMILES string of the molecule is CC[CH]CCOC(F)F. The third kappa shape index (κ3) is 7.82. The molecule has 0 bridgehead atoms. The molecule has 0 saturated carbocycles. The molecule has 9 heavy (non-hydrogen) atoms. The molecule has 0 fully saturated rings. The summed E-state index contributed by atoms with van der Waals surface area (Å²) in [5.41, 5.74) is 0. The van der Waals surface area contributed by atoms with E-state index in [1.54, 1.807) is 0 Å². The molecule has 0 rings (SSSR count). The molecule has 1 radical (unpaired) electrons. The van der Waals surface area contributed by atoms with Gasteiger partial charge in [0.25, 0.3) is 0 Å². The highest BCUT2D eigenvalue weighted by molar-refractivity contribution is 4.59. The molecule has 0 atom stereocenters. The van der Waals surface area contributed by atoms with Crippen molar-refractivity contribution < 1.29 is 13.5 Å².